The molecule has 1 aromatic heterocycles. The number of nitrogens with one attached hydrogen (secondary N) is 1. The van der Waals surface area contributed by atoms with Crippen molar-refractivity contribution in [1.29, 1.82) is 0 Å². The van der Waals surface area contributed by atoms with Crippen molar-refractivity contribution in [2.24, 2.45) is 0 Å². The summed E-state index contributed by atoms with van der Waals surface area (Å²) in [7, 11) is 3.87. The van der Waals surface area contributed by atoms with Gasteiger partial charge in [-0.15, -0.1) is 4.98 Å². The zero-order valence-electron chi connectivity index (χ0n) is 12.4. The molecule has 112 valence electrons. The molecule has 0 aliphatic heterocycles. The summed E-state index contributed by atoms with van der Waals surface area (Å²) >= 11 is 0. The van der Waals surface area contributed by atoms with Gasteiger partial charge in [0.1, 0.15) is 6.61 Å². The van der Waals surface area contributed by atoms with Crippen LogP contribution in [0, 0.1) is 0 Å². The molecule has 1 N–H and O–H groups in total. The number of aromatic nitrogens is 3. The molecule has 0 bridgehead atoms. The number of hydrogen-bond acceptors (Lipinski definition) is 7. The number of anilines is 1. The van der Waals surface area contributed by atoms with Gasteiger partial charge in [0.05, 0.1) is 6.61 Å². The first-order valence-corrected chi connectivity index (χ1v) is 7.12. The van der Waals surface area contributed by atoms with Crippen LogP contribution >= 0.6 is 0 Å². The van der Waals surface area contributed by atoms with E-state index in [9.17, 15) is 0 Å². The normalized spacial score (nSPS) is 14.4. The zero-order chi connectivity index (χ0) is 14.4. The zero-order valence-corrected chi connectivity index (χ0v) is 12.4. The second-order valence-electron chi connectivity index (χ2n) is 4.88. The number of hydrogen-bond donors (Lipinski definition) is 1. The smallest absolute Gasteiger partial charge is 0.324 e. The molecule has 1 aromatic rings. The number of ether oxygens (including phenoxy) is 2. The molecule has 1 fully saturated rings. The molecule has 7 nitrogen and oxygen atoms in total. The van der Waals surface area contributed by atoms with Crippen molar-refractivity contribution in [3.05, 3.63) is 0 Å². The third kappa shape index (κ3) is 4.48. The van der Waals surface area contributed by atoms with Gasteiger partial charge in [0.15, 0.2) is 0 Å². The topological polar surface area (TPSA) is 72.4 Å². The summed E-state index contributed by atoms with van der Waals surface area (Å²) in [6.07, 6.45) is 3.49. The second kappa shape index (κ2) is 7.23. The standard InChI is InChI=1S/C13H23N5O2/c1-4-8-19-12-15-11(14-2)16-13(17-12)20-9-7-18(3)10-5-6-10/h10H,4-9H2,1-3H3,(H,14,15,16,17). The Balaban J connectivity index is 1.87. The number of likely N-dealkylation sites (N-methyl/N-ethyl adjacent to an activating group) is 1. The van der Waals surface area contributed by atoms with Gasteiger partial charge in [0.2, 0.25) is 5.95 Å². The first-order valence-electron chi connectivity index (χ1n) is 7.12. The lowest BCUT2D eigenvalue weighted by Crippen LogP contribution is -2.26. The minimum atomic E-state index is 0.303. The van der Waals surface area contributed by atoms with E-state index in [2.05, 4.69) is 32.2 Å². The summed E-state index contributed by atoms with van der Waals surface area (Å²) in [6, 6.07) is 1.34. The Bertz CT molecular complexity index is 425. The molecule has 1 saturated carbocycles. The predicted octanol–water partition coefficient (Wildman–Crippen LogP) is 1.18. The van der Waals surface area contributed by atoms with Crippen LogP contribution in [0.5, 0.6) is 12.0 Å². The quantitative estimate of drug-likeness (QED) is 0.728. The minimum Gasteiger partial charge on any atom is -0.463 e. The van der Waals surface area contributed by atoms with Crippen molar-refractivity contribution < 1.29 is 9.47 Å². The van der Waals surface area contributed by atoms with E-state index in [0.29, 0.717) is 31.2 Å². The monoisotopic (exact) mass is 281 g/mol. The fourth-order valence-electron chi connectivity index (χ4n) is 1.75. The predicted molar refractivity (Wildman–Crippen MR) is 76.3 cm³/mol. The molecule has 0 spiro atoms. The highest BCUT2D eigenvalue weighted by Gasteiger charge is 2.25. The molecule has 0 saturated heterocycles. The first kappa shape index (κ1) is 14.8. The minimum absolute atomic E-state index is 0.303. The van der Waals surface area contributed by atoms with Crippen LogP contribution in [-0.2, 0) is 0 Å². The lowest BCUT2D eigenvalue weighted by molar-refractivity contribution is 0.214. The van der Waals surface area contributed by atoms with Gasteiger partial charge < -0.3 is 19.7 Å². The largest absolute Gasteiger partial charge is 0.463 e. The Morgan fingerprint density at radius 3 is 2.35 bits per heavy atom. The van der Waals surface area contributed by atoms with Gasteiger partial charge >= 0.3 is 12.0 Å². The van der Waals surface area contributed by atoms with Gasteiger partial charge in [-0.2, -0.15) is 9.97 Å². The van der Waals surface area contributed by atoms with Crippen molar-refractivity contribution in [2.75, 3.05) is 39.2 Å². The Labute approximate surface area is 119 Å². The molecule has 1 aliphatic carbocycles. The van der Waals surface area contributed by atoms with Gasteiger partial charge in [-0.3, -0.25) is 0 Å². The van der Waals surface area contributed by atoms with Gasteiger partial charge in [0, 0.05) is 19.6 Å². The maximum Gasteiger partial charge on any atom is 0.324 e. The van der Waals surface area contributed by atoms with E-state index in [1.165, 1.54) is 12.8 Å². The van der Waals surface area contributed by atoms with Gasteiger partial charge in [-0.05, 0) is 26.3 Å². The third-order valence-electron chi connectivity index (χ3n) is 3.10. The Hall–Kier alpha value is -1.63. The van der Waals surface area contributed by atoms with Gasteiger partial charge in [-0.1, -0.05) is 6.92 Å². The molecule has 0 radical (unpaired) electrons. The van der Waals surface area contributed by atoms with Crippen molar-refractivity contribution in [1.82, 2.24) is 19.9 Å². The number of rotatable bonds is 9. The van der Waals surface area contributed by atoms with E-state index in [4.69, 9.17) is 9.47 Å². The summed E-state index contributed by atoms with van der Waals surface area (Å²) in [4.78, 5) is 14.7. The van der Waals surface area contributed by atoms with Crippen LogP contribution in [-0.4, -0.2) is 59.7 Å². The van der Waals surface area contributed by atoms with Gasteiger partial charge in [-0.25, -0.2) is 0 Å². The average Bonchev–Trinajstić information content (AvgIpc) is 3.29. The summed E-state index contributed by atoms with van der Waals surface area (Å²) in [6.45, 7) is 4.05. The van der Waals surface area contributed by atoms with E-state index < -0.39 is 0 Å². The van der Waals surface area contributed by atoms with Crippen molar-refractivity contribution >= 4 is 5.95 Å². The molecular formula is C13H23N5O2. The summed E-state index contributed by atoms with van der Waals surface area (Å²) in [5.41, 5.74) is 0. The van der Waals surface area contributed by atoms with Crippen LogP contribution in [0.15, 0.2) is 0 Å². The molecule has 1 aliphatic rings. The molecule has 0 atom stereocenters. The first-order chi connectivity index (χ1) is 9.72. The summed E-state index contributed by atoms with van der Waals surface area (Å²) in [5.74, 6) is 0.455. The molecule has 0 amide bonds. The van der Waals surface area contributed by atoms with Crippen LogP contribution < -0.4 is 14.8 Å². The molecule has 1 heterocycles. The summed E-state index contributed by atoms with van der Waals surface area (Å²) < 4.78 is 11.0. The van der Waals surface area contributed by atoms with E-state index in [1.54, 1.807) is 7.05 Å². The molecular weight excluding hydrogens is 258 g/mol. The molecule has 0 aromatic carbocycles. The SMILES string of the molecule is CCCOc1nc(NC)nc(OCCN(C)C2CC2)n1. The maximum absolute atomic E-state index is 5.59. The van der Waals surface area contributed by atoms with Crippen molar-refractivity contribution in [3.8, 4) is 12.0 Å². The molecule has 7 heteroatoms. The van der Waals surface area contributed by atoms with E-state index in [-0.39, 0.29) is 0 Å². The Morgan fingerprint density at radius 2 is 1.80 bits per heavy atom. The van der Waals surface area contributed by atoms with Crippen molar-refractivity contribution in [2.45, 2.75) is 32.2 Å². The van der Waals surface area contributed by atoms with Crippen LogP contribution in [0.25, 0.3) is 0 Å². The van der Waals surface area contributed by atoms with E-state index in [0.717, 1.165) is 19.0 Å². The van der Waals surface area contributed by atoms with Gasteiger partial charge in [0.25, 0.3) is 0 Å². The second-order valence-corrected chi connectivity index (χ2v) is 4.88. The Kier molecular flexibility index (Phi) is 5.34. The fourth-order valence-corrected chi connectivity index (χ4v) is 1.75. The highest BCUT2D eigenvalue weighted by atomic mass is 16.5. The average molecular weight is 281 g/mol. The molecule has 0 unspecified atom stereocenters. The molecule has 2 rings (SSSR count). The Morgan fingerprint density at radius 1 is 1.15 bits per heavy atom. The lowest BCUT2D eigenvalue weighted by Gasteiger charge is -2.15. The fraction of sp³-hybridized carbons (Fsp3) is 0.769. The highest BCUT2D eigenvalue weighted by Crippen LogP contribution is 2.24. The third-order valence-corrected chi connectivity index (χ3v) is 3.10. The lowest BCUT2D eigenvalue weighted by atomic mass is 10.5. The van der Waals surface area contributed by atoms with E-state index in [1.807, 2.05) is 6.92 Å². The highest BCUT2D eigenvalue weighted by molar-refractivity contribution is 5.26. The van der Waals surface area contributed by atoms with Crippen LogP contribution in [0.4, 0.5) is 5.95 Å². The molecule has 20 heavy (non-hydrogen) atoms. The van der Waals surface area contributed by atoms with Crippen molar-refractivity contribution in [3.63, 3.8) is 0 Å². The van der Waals surface area contributed by atoms with Crippen LogP contribution in [0.3, 0.4) is 0 Å². The number of nitrogens with zero attached hydrogens (tertiary/aromatic N) is 4. The van der Waals surface area contributed by atoms with Crippen LogP contribution in [0.2, 0.25) is 0 Å². The summed E-state index contributed by atoms with van der Waals surface area (Å²) in [5, 5.41) is 2.88. The van der Waals surface area contributed by atoms with Crippen LogP contribution in [0.1, 0.15) is 26.2 Å². The van der Waals surface area contributed by atoms with E-state index >= 15 is 0 Å². The maximum atomic E-state index is 5.59.